The van der Waals surface area contributed by atoms with E-state index in [0.29, 0.717) is 0 Å². The Labute approximate surface area is 111 Å². The van der Waals surface area contributed by atoms with Gasteiger partial charge >= 0.3 is 5.96 Å². The van der Waals surface area contributed by atoms with Crippen molar-refractivity contribution in [3.63, 3.8) is 0 Å². The maximum atomic E-state index is 7.67. The predicted molar refractivity (Wildman–Crippen MR) is 65.1 cm³/mol. The minimum Gasteiger partial charge on any atom is -1.00 e. The topological polar surface area (TPSA) is 54.3 Å². The lowest BCUT2D eigenvalue weighted by molar-refractivity contribution is -0.653. The molecule has 0 bridgehead atoms. The van der Waals surface area contributed by atoms with Crippen molar-refractivity contribution in [1.29, 1.82) is 5.41 Å². The van der Waals surface area contributed by atoms with Crippen molar-refractivity contribution >= 4 is 17.3 Å². The molecule has 0 heterocycles. The number of nitrogens with two attached hydrogens (primary N) is 1. The molecule has 4 heteroatoms. The fourth-order valence-electron chi connectivity index (χ4n) is 1.69. The number of benzene rings is 2. The fraction of sp³-hybridized carbons (Fsp3) is 0. The molecule has 0 saturated heterocycles. The highest BCUT2D eigenvalue weighted by molar-refractivity contribution is 5.71. The smallest absolute Gasteiger partial charge is 0.300 e. The van der Waals surface area contributed by atoms with Gasteiger partial charge in [-0.1, -0.05) is 36.4 Å². The van der Waals surface area contributed by atoms with Crippen molar-refractivity contribution in [2.75, 3.05) is 0 Å². The monoisotopic (exact) mass is 291 g/mol. The van der Waals surface area contributed by atoms with E-state index in [1.165, 1.54) is 0 Å². The van der Waals surface area contributed by atoms with Crippen molar-refractivity contribution in [3.05, 3.63) is 60.7 Å². The van der Waals surface area contributed by atoms with Crippen LogP contribution in [-0.2, 0) is 0 Å². The molecule has 0 amide bonds. The standard InChI is InChI=1S/C13H13N3.BrH/c14-13(15)16(11-7-3-1-4-8-11)12-9-5-2-6-10-12;/h1-10H,(H3,14,15);1H. The Hall–Kier alpha value is -1.65. The van der Waals surface area contributed by atoms with E-state index in [1.54, 1.807) is 0 Å². The van der Waals surface area contributed by atoms with Crippen LogP contribution in [0.5, 0.6) is 0 Å². The molecule has 0 unspecified atom stereocenters. The Morgan fingerprint density at radius 3 is 1.47 bits per heavy atom. The SMILES string of the molecule is N=C(N)[NH+](c1ccccc1)c1ccccc1.[Br-]. The van der Waals surface area contributed by atoms with Crippen LogP contribution in [0, 0.1) is 5.41 Å². The summed E-state index contributed by atoms with van der Waals surface area (Å²) in [7, 11) is 0. The maximum Gasteiger partial charge on any atom is 0.300 e. The van der Waals surface area contributed by atoms with E-state index in [9.17, 15) is 0 Å². The molecule has 88 valence electrons. The number of hydrogen-bond acceptors (Lipinski definition) is 1. The van der Waals surface area contributed by atoms with Crippen LogP contribution < -0.4 is 27.6 Å². The first-order valence-electron chi connectivity index (χ1n) is 5.11. The number of hydrogen-bond donors (Lipinski definition) is 3. The lowest BCUT2D eigenvalue weighted by Crippen LogP contribution is -3.07. The second-order valence-corrected chi connectivity index (χ2v) is 3.52. The zero-order chi connectivity index (χ0) is 11.4. The van der Waals surface area contributed by atoms with Gasteiger partial charge in [0.2, 0.25) is 0 Å². The number of rotatable bonds is 2. The molecule has 0 saturated carbocycles. The van der Waals surface area contributed by atoms with Crippen LogP contribution in [0.25, 0.3) is 0 Å². The van der Waals surface area contributed by atoms with Crippen LogP contribution in [0.4, 0.5) is 11.4 Å². The minimum absolute atomic E-state index is 0. The van der Waals surface area contributed by atoms with Crippen molar-refractivity contribution < 1.29 is 21.9 Å². The van der Waals surface area contributed by atoms with E-state index in [2.05, 4.69) is 0 Å². The lowest BCUT2D eigenvalue weighted by atomic mass is 10.2. The molecule has 0 aliphatic rings. The highest BCUT2D eigenvalue weighted by Crippen LogP contribution is 2.06. The molecule has 2 aromatic rings. The molecular formula is C13H14BrN3. The van der Waals surface area contributed by atoms with E-state index in [0.717, 1.165) is 16.3 Å². The summed E-state index contributed by atoms with van der Waals surface area (Å²) in [6.07, 6.45) is 0. The summed E-state index contributed by atoms with van der Waals surface area (Å²) < 4.78 is 0. The largest absolute Gasteiger partial charge is 1.00 e. The molecule has 0 aliphatic heterocycles. The van der Waals surface area contributed by atoms with Crippen LogP contribution in [-0.4, -0.2) is 5.96 Å². The molecule has 0 aliphatic carbocycles. The molecule has 0 radical (unpaired) electrons. The summed E-state index contributed by atoms with van der Waals surface area (Å²) in [5.41, 5.74) is 7.59. The normalized spacial score (nSPS) is 9.71. The summed E-state index contributed by atoms with van der Waals surface area (Å²) >= 11 is 0. The molecule has 17 heavy (non-hydrogen) atoms. The second-order valence-electron chi connectivity index (χ2n) is 3.52. The van der Waals surface area contributed by atoms with Crippen molar-refractivity contribution in [3.8, 4) is 0 Å². The molecule has 4 N–H and O–H groups in total. The van der Waals surface area contributed by atoms with Crippen molar-refractivity contribution in [1.82, 2.24) is 0 Å². The van der Waals surface area contributed by atoms with Crippen LogP contribution >= 0.6 is 0 Å². The van der Waals surface area contributed by atoms with Crippen LogP contribution in [0.1, 0.15) is 0 Å². The van der Waals surface area contributed by atoms with Crippen LogP contribution in [0.15, 0.2) is 60.7 Å². The summed E-state index contributed by atoms with van der Waals surface area (Å²) in [6, 6.07) is 19.5. The lowest BCUT2D eigenvalue weighted by Gasteiger charge is -2.15. The molecule has 0 spiro atoms. The van der Waals surface area contributed by atoms with Gasteiger partial charge in [0.25, 0.3) is 0 Å². The Morgan fingerprint density at radius 1 is 0.824 bits per heavy atom. The van der Waals surface area contributed by atoms with Gasteiger partial charge in [0, 0.05) is 0 Å². The van der Waals surface area contributed by atoms with E-state index >= 15 is 0 Å². The van der Waals surface area contributed by atoms with Crippen LogP contribution in [0.2, 0.25) is 0 Å². The number of guanidine groups is 1. The van der Waals surface area contributed by atoms with Gasteiger partial charge in [-0.2, -0.15) is 0 Å². The first-order valence-corrected chi connectivity index (χ1v) is 5.11. The molecule has 3 nitrogen and oxygen atoms in total. The zero-order valence-corrected chi connectivity index (χ0v) is 10.8. The van der Waals surface area contributed by atoms with Gasteiger partial charge < -0.3 is 22.7 Å². The zero-order valence-electron chi connectivity index (χ0n) is 9.23. The first kappa shape index (κ1) is 13.4. The summed E-state index contributed by atoms with van der Waals surface area (Å²) in [5.74, 6) is 0.0948. The average Bonchev–Trinajstić information content (AvgIpc) is 2.31. The van der Waals surface area contributed by atoms with Crippen LogP contribution in [0.3, 0.4) is 0 Å². The second kappa shape index (κ2) is 6.18. The predicted octanol–water partition coefficient (Wildman–Crippen LogP) is -1.57. The van der Waals surface area contributed by atoms with E-state index in [-0.39, 0.29) is 22.9 Å². The number of nitrogens with one attached hydrogen (secondary N) is 2. The Balaban J connectivity index is 0.00000144. The summed E-state index contributed by atoms with van der Waals surface area (Å²) in [6.45, 7) is 0. The third kappa shape index (κ3) is 3.15. The van der Waals surface area contributed by atoms with Crippen molar-refractivity contribution in [2.24, 2.45) is 5.73 Å². The Morgan fingerprint density at radius 2 is 1.18 bits per heavy atom. The highest BCUT2D eigenvalue weighted by Gasteiger charge is 2.18. The maximum absolute atomic E-state index is 7.67. The van der Waals surface area contributed by atoms with Crippen molar-refractivity contribution in [2.45, 2.75) is 0 Å². The van der Waals surface area contributed by atoms with E-state index < -0.39 is 0 Å². The summed E-state index contributed by atoms with van der Waals surface area (Å²) in [5, 5.41) is 7.67. The molecule has 2 aromatic carbocycles. The third-order valence-electron chi connectivity index (χ3n) is 2.39. The molecule has 0 aromatic heterocycles. The molecule has 0 fully saturated rings. The molecular weight excluding hydrogens is 278 g/mol. The summed E-state index contributed by atoms with van der Waals surface area (Å²) in [4.78, 5) is 0.779. The van der Waals surface area contributed by atoms with Gasteiger partial charge in [-0.25, -0.2) is 10.3 Å². The first-order chi connectivity index (χ1) is 7.79. The van der Waals surface area contributed by atoms with E-state index in [1.807, 2.05) is 60.7 Å². The van der Waals surface area contributed by atoms with E-state index in [4.69, 9.17) is 11.1 Å². The van der Waals surface area contributed by atoms with Gasteiger partial charge in [0.05, 0.1) is 0 Å². The van der Waals surface area contributed by atoms with Gasteiger partial charge in [0.15, 0.2) is 0 Å². The Bertz CT molecular complexity index is 431. The average molecular weight is 292 g/mol. The minimum atomic E-state index is 0. The van der Waals surface area contributed by atoms with Gasteiger partial charge in [-0.15, -0.1) is 0 Å². The molecule has 2 rings (SSSR count). The highest BCUT2D eigenvalue weighted by atomic mass is 79.9. The number of quaternary nitrogens is 1. The number of para-hydroxylation sites is 2. The fourth-order valence-corrected chi connectivity index (χ4v) is 1.69. The third-order valence-corrected chi connectivity index (χ3v) is 2.39. The Kier molecular flexibility index (Phi) is 4.87. The van der Waals surface area contributed by atoms with Gasteiger partial charge in [-0.3, -0.25) is 0 Å². The quantitative estimate of drug-likeness (QED) is 0.455. The van der Waals surface area contributed by atoms with Gasteiger partial charge in [-0.05, 0) is 24.3 Å². The molecule has 0 atom stereocenters. The number of halogens is 1. The van der Waals surface area contributed by atoms with Gasteiger partial charge in [0.1, 0.15) is 11.4 Å².